The van der Waals surface area contributed by atoms with E-state index in [1.54, 1.807) is 0 Å². The van der Waals surface area contributed by atoms with Gasteiger partial charge in [-0.2, -0.15) is 0 Å². The highest BCUT2D eigenvalue weighted by Crippen LogP contribution is 1.94. The van der Waals surface area contributed by atoms with Crippen molar-refractivity contribution in [2.45, 2.75) is 6.42 Å². The van der Waals surface area contributed by atoms with Gasteiger partial charge in [0.15, 0.2) is 11.1 Å². The normalized spacial score (nSPS) is 14.5. The Bertz CT molecular complexity index is 215. The number of rotatable bonds is 8. The van der Waals surface area contributed by atoms with Gasteiger partial charge in [0.1, 0.15) is 0 Å². The predicted molar refractivity (Wildman–Crippen MR) is 53.2 cm³/mol. The van der Waals surface area contributed by atoms with Crippen LogP contribution >= 0.6 is 0 Å². The van der Waals surface area contributed by atoms with Crippen molar-refractivity contribution in [2.75, 3.05) is 12.4 Å². The fraction of sp³-hybridized carbons (Fsp3) is 0.429. The summed E-state index contributed by atoms with van der Waals surface area (Å²) in [7, 11) is 0. The molecule has 0 radical (unpaired) electrons. The maximum atomic E-state index is 10.8. The summed E-state index contributed by atoms with van der Waals surface area (Å²) < 4.78 is 30.8. The van der Waals surface area contributed by atoms with Gasteiger partial charge in [-0.15, -0.1) is 0 Å². The quantitative estimate of drug-likeness (QED) is 0.456. The Labute approximate surface area is 82.9 Å². The van der Waals surface area contributed by atoms with Crippen molar-refractivity contribution in [3.8, 4) is 0 Å². The molecule has 2 atom stereocenters. The first kappa shape index (κ1) is 12.5. The largest absolute Gasteiger partial charge is 0.409 e. The van der Waals surface area contributed by atoms with E-state index in [0.717, 1.165) is 6.26 Å². The van der Waals surface area contributed by atoms with Crippen LogP contribution in [0.1, 0.15) is 6.42 Å². The zero-order valence-corrected chi connectivity index (χ0v) is 8.77. The lowest BCUT2D eigenvalue weighted by Gasteiger charge is -1.99. The Morgan fingerprint density at radius 2 is 2.00 bits per heavy atom. The summed E-state index contributed by atoms with van der Waals surface area (Å²) in [5, 5.41) is 1.19. The van der Waals surface area contributed by atoms with E-state index in [-0.39, 0.29) is 6.61 Å². The van der Waals surface area contributed by atoms with Gasteiger partial charge in [-0.1, -0.05) is 13.2 Å². The molecule has 0 aromatic heterocycles. The van der Waals surface area contributed by atoms with E-state index in [4.69, 9.17) is 4.18 Å². The average molecular weight is 224 g/mol. The zero-order valence-electron chi connectivity index (χ0n) is 7.14. The second kappa shape index (κ2) is 8.15. The monoisotopic (exact) mass is 224 g/mol. The summed E-state index contributed by atoms with van der Waals surface area (Å²) in [6, 6.07) is 0. The Morgan fingerprint density at radius 1 is 1.31 bits per heavy atom. The van der Waals surface area contributed by atoms with Crippen LogP contribution in [0.5, 0.6) is 0 Å². The second-order valence-corrected chi connectivity index (χ2v) is 4.17. The highest BCUT2D eigenvalue weighted by atomic mass is 32.2. The molecular weight excluding hydrogens is 212 g/mol. The first-order chi connectivity index (χ1) is 6.20. The maximum absolute atomic E-state index is 10.8. The van der Waals surface area contributed by atoms with E-state index in [1.807, 2.05) is 0 Å². The molecule has 0 aliphatic heterocycles. The molecule has 0 aliphatic rings. The minimum Gasteiger partial charge on any atom is -0.409 e. The van der Waals surface area contributed by atoms with Crippen LogP contribution in [0.15, 0.2) is 24.8 Å². The Morgan fingerprint density at radius 3 is 2.54 bits per heavy atom. The van der Waals surface area contributed by atoms with Crippen molar-refractivity contribution in [1.29, 1.82) is 0 Å². The van der Waals surface area contributed by atoms with Crippen molar-refractivity contribution in [2.24, 2.45) is 0 Å². The molecular formula is C7H12O4S2. The summed E-state index contributed by atoms with van der Waals surface area (Å²) in [6.45, 7) is 6.81. The first-order valence-electron chi connectivity index (χ1n) is 3.53. The molecule has 4 nitrogen and oxygen atoms in total. The van der Waals surface area contributed by atoms with E-state index in [0.29, 0.717) is 12.2 Å². The summed E-state index contributed by atoms with van der Waals surface area (Å²) in [6.07, 6.45) is 1.64. The molecule has 0 fully saturated rings. The van der Waals surface area contributed by atoms with Gasteiger partial charge in [0, 0.05) is 5.41 Å². The smallest absolute Gasteiger partial charge is 0.205 e. The average Bonchev–Trinajstić information content (AvgIpc) is 2.12. The summed E-state index contributed by atoms with van der Waals surface area (Å²) >= 11 is -2.80. The third-order valence-corrected chi connectivity index (χ3v) is 2.61. The molecule has 0 aromatic rings. The molecule has 6 heteroatoms. The fourth-order valence-corrected chi connectivity index (χ4v) is 1.47. The summed E-state index contributed by atoms with van der Waals surface area (Å²) in [5.41, 5.74) is 0. The fourth-order valence-electron chi connectivity index (χ4n) is 0.490. The standard InChI is InChI=1S/C7H12O4S2/c1-3-10-13(9)7-5-6-11-12(8)4-2/h3-4H,1-2,5-7H2. The van der Waals surface area contributed by atoms with Gasteiger partial charge < -0.3 is 4.18 Å². The molecule has 0 saturated heterocycles. The van der Waals surface area contributed by atoms with Gasteiger partial charge in [0.2, 0.25) is 11.1 Å². The highest BCUT2D eigenvalue weighted by Gasteiger charge is 1.99. The van der Waals surface area contributed by atoms with Gasteiger partial charge in [-0.25, -0.2) is 8.42 Å². The van der Waals surface area contributed by atoms with E-state index in [9.17, 15) is 8.42 Å². The van der Waals surface area contributed by atoms with E-state index < -0.39 is 22.2 Å². The number of hydrogen-bond donors (Lipinski definition) is 0. The zero-order chi connectivity index (χ0) is 10.1. The topological polar surface area (TPSA) is 52.6 Å². The third kappa shape index (κ3) is 7.89. The van der Waals surface area contributed by atoms with Crippen LogP contribution in [0.2, 0.25) is 0 Å². The third-order valence-electron chi connectivity index (χ3n) is 0.966. The first-order valence-corrected chi connectivity index (χ1v) is 5.91. The molecule has 76 valence electrons. The van der Waals surface area contributed by atoms with Gasteiger partial charge in [0.05, 0.1) is 18.6 Å². The molecule has 13 heavy (non-hydrogen) atoms. The Hall–Kier alpha value is -0.460. The molecule has 2 unspecified atom stereocenters. The van der Waals surface area contributed by atoms with Crippen molar-refractivity contribution < 1.29 is 16.8 Å². The van der Waals surface area contributed by atoms with Crippen molar-refractivity contribution in [3.05, 3.63) is 24.8 Å². The minimum atomic E-state index is -1.44. The van der Waals surface area contributed by atoms with E-state index in [1.165, 1.54) is 5.41 Å². The van der Waals surface area contributed by atoms with Crippen LogP contribution < -0.4 is 0 Å². The molecule has 0 rings (SSSR count). The Balaban J connectivity index is 3.35. The molecule has 0 spiro atoms. The van der Waals surface area contributed by atoms with Crippen molar-refractivity contribution in [1.82, 2.24) is 0 Å². The molecule has 0 heterocycles. The molecule has 0 aromatic carbocycles. The van der Waals surface area contributed by atoms with Crippen molar-refractivity contribution in [3.63, 3.8) is 0 Å². The van der Waals surface area contributed by atoms with Gasteiger partial charge in [-0.05, 0) is 6.42 Å². The predicted octanol–water partition coefficient (Wildman–Crippen LogP) is 1.02. The second-order valence-electron chi connectivity index (χ2n) is 1.87. The molecule has 0 amide bonds. The summed E-state index contributed by atoms with van der Waals surface area (Å²) in [4.78, 5) is 0. The lowest BCUT2D eigenvalue weighted by molar-refractivity contribution is 0.351. The van der Waals surface area contributed by atoms with Crippen LogP contribution in [0, 0.1) is 0 Å². The molecule has 0 N–H and O–H groups in total. The van der Waals surface area contributed by atoms with Gasteiger partial charge in [0.25, 0.3) is 0 Å². The summed E-state index contributed by atoms with van der Waals surface area (Å²) in [5.74, 6) is 0.334. The van der Waals surface area contributed by atoms with Crippen LogP contribution in [-0.4, -0.2) is 20.8 Å². The van der Waals surface area contributed by atoms with Crippen LogP contribution in [0.25, 0.3) is 0 Å². The van der Waals surface area contributed by atoms with Gasteiger partial charge in [-0.3, -0.25) is 4.18 Å². The van der Waals surface area contributed by atoms with Crippen LogP contribution in [-0.2, 0) is 30.5 Å². The molecule has 0 bridgehead atoms. The SMILES string of the molecule is C=COS(=O)CCCOS(=O)C=C. The Kier molecular flexibility index (Phi) is 7.86. The van der Waals surface area contributed by atoms with E-state index >= 15 is 0 Å². The van der Waals surface area contributed by atoms with Crippen molar-refractivity contribution >= 4 is 22.2 Å². The highest BCUT2D eigenvalue weighted by molar-refractivity contribution is 7.83. The number of hydrogen-bond acceptors (Lipinski definition) is 4. The van der Waals surface area contributed by atoms with Crippen LogP contribution in [0.4, 0.5) is 0 Å². The van der Waals surface area contributed by atoms with Crippen LogP contribution in [0.3, 0.4) is 0 Å². The lowest BCUT2D eigenvalue weighted by atomic mass is 10.5. The maximum Gasteiger partial charge on any atom is 0.205 e. The van der Waals surface area contributed by atoms with E-state index in [2.05, 4.69) is 17.3 Å². The molecule has 0 saturated carbocycles. The lowest BCUT2D eigenvalue weighted by Crippen LogP contribution is -2.03. The minimum absolute atomic E-state index is 0.269. The molecule has 0 aliphatic carbocycles. The van der Waals surface area contributed by atoms with Gasteiger partial charge >= 0.3 is 0 Å².